The van der Waals surface area contributed by atoms with E-state index in [1.54, 1.807) is 41.3 Å². The fourth-order valence-electron chi connectivity index (χ4n) is 3.95. The highest BCUT2D eigenvalue weighted by Gasteiger charge is 2.49. The number of rotatable bonds is 2. The van der Waals surface area contributed by atoms with Crippen LogP contribution in [0, 0.1) is 0 Å². The third kappa shape index (κ3) is 3.82. The molecule has 150 valence electrons. The molecular formula is C21H16Cl4N2OS. The van der Waals surface area contributed by atoms with Gasteiger partial charge in [0.2, 0.25) is 0 Å². The minimum atomic E-state index is -0.698. The third-order valence-electron chi connectivity index (χ3n) is 5.35. The number of hydrogen-bond donors (Lipinski definition) is 0. The van der Waals surface area contributed by atoms with Crippen LogP contribution in [-0.2, 0) is 0 Å². The maximum absolute atomic E-state index is 13.5. The van der Waals surface area contributed by atoms with Gasteiger partial charge in [-0.1, -0.05) is 65.0 Å². The van der Waals surface area contributed by atoms with Gasteiger partial charge < -0.3 is 0 Å². The summed E-state index contributed by atoms with van der Waals surface area (Å²) in [4.78, 5) is 20.5. The molecule has 0 atom stereocenters. The van der Waals surface area contributed by atoms with Crippen LogP contribution in [0.2, 0.25) is 20.1 Å². The van der Waals surface area contributed by atoms with Crippen molar-refractivity contribution in [3.63, 3.8) is 0 Å². The van der Waals surface area contributed by atoms with Crippen LogP contribution in [0.1, 0.15) is 48.0 Å². The molecule has 0 saturated heterocycles. The molecule has 1 fully saturated rings. The van der Waals surface area contributed by atoms with Crippen LogP contribution in [0.3, 0.4) is 0 Å². The number of hydrogen-bond acceptors (Lipinski definition) is 3. The average Bonchev–Trinajstić information content (AvgIpc) is 2.95. The summed E-state index contributed by atoms with van der Waals surface area (Å²) < 4.78 is 0. The second kappa shape index (κ2) is 8.16. The minimum Gasteiger partial charge on any atom is -0.271 e. The Hall–Kier alpha value is -1.17. The summed E-state index contributed by atoms with van der Waals surface area (Å²) >= 11 is 30.4. The van der Waals surface area contributed by atoms with Crippen molar-refractivity contribution in [3.8, 4) is 0 Å². The average molecular weight is 486 g/mol. The Balaban J connectivity index is 1.80. The van der Waals surface area contributed by atoms with Gasteiger partial charge in [-0.3, -0.25) is 14.7 Å². The van der Waals surface area contributed by atoms with Gasteiger partial charge in [0.05, 0.1) is 15.1 Å². The van der Waals surface area contributed by atoms with E-state index in [9.17, 15) is 4.79 Å². The van der Waals surface area contributed by atoms with E-state index in [4.69, 9.17) is 63.6 Å². The number of aliphatic imine (C=N–C) groups is 1. The first-order chi connectivity index (χ1) is 13.8. The lowest BCUT2D eigenvalue weighted by molar-refractivity contribution is 0.0648. The summed E-state index contributed by atoms with van der Waals surface area (Å²) in [6, 6.07) is 10.0. The monoisotopic (exact) mass is 484 g/mol. The van der Waals surface area contributed by atoms with E-state index >= 15 is 0 Å². The summed E-state index contributed by atoms with van der Waals surface area (Å²) in [5, 5.41) is 1.69. The van der Waals surface area contributed by atoms with Crippen LogP contribution in [0.15, 0.2) is 41.4 Å². The molecule has 0 N–H and O–H groups in total. The van der Waals surface area contributed by atoms with Gasteiger partial charge in [-0.2, -0.15) is 0 Å². The zero-order valence-corrected chi connectivity index (χ0v) is 19.1. The van der Waals surface area contributed by atoms with Crippen molar-refractivity contribution >= 4 is 75.2 Å². The summed E-state index contributed by atoms with van der Waals surface area (Å²) in [7, 11) is 0. The predicted molar refractivity (Wildman–Crippen MR) is 124 cm³/mol. The topological polar surface area (TPSA) is 32.7 Å². The molecule has 0 unspecified atom stereocenters. The van der Waals surface area contributed by atoms with E-state index < -0.39 is 5.66 Å². The number of amides is 1. The highest BCUT2D eigenvalue weighted by Crippen LogP contribution is 2.42. The molecule has 4 rings (SSSR count). The third-order valence-corrected chi connectivity index (χ3v) is 7.01. The van der Waals surface area contributed by atoms with Gasteiger partial charge >= 0.3 is 0 Å². The highest BCUT2D eigenvalue weighted by molar-refractivity contribution is 7.82. The SMILES string of the molecule is O=C(c1ccc(Cl)c(Cl)c1)N1C(=S)C(c2ccc(Cl)cc2Cl)=NC12CCCCC2. The second-order valence-corrected chi connectivity index (χ2v) is 9.25. The largest absolute Gasteiger partial charge is 0.271 e. The second-order valence-electron chi connectivity index (χ2n) is 7.20. The predicted octanol–water partition coefficient (Wildman–Crippen LogP) is 7.23. The Bertz CT molecular complexity index is 1050. The molecule has 29 heavy (non-hydrogen) atoms. The van der Waals surface area contributed by atoms with Gasteiger partial charge in [0.1, 0.15) is 16.4 Å². The molecule has 8 heteroatoms. The van der Waals surface area contributed by atoms with Gasteiger partial charge in [-0.25, -0.2) is 0 Å². The van der Waals surface area contributed by atoms with Gasteiger partial charge in [0.15, 0.2) is 0 Å². The van der Waals surface area contributed by atoms with Gasteiger partial charge in [-0.15, -0.1) is 0 Å². The molecule has 0 aromatic heterocycles. The molecule has 1 heterocycles. The lowest BCUT2D eigenvalue weighted by Crippen LogP contribution is -2.50. The molecule has 1 aliphatic heterocycles. The standard InChI is InChI=1S/C21H16Cl4N2OS/c22-13-5-6-14(16(24)11-13)18-20(29)27(21(26-18)8-2-1-3-9-21)19(28)12-4-7-15(23)17(25)10-12/h4-7,10-11H,1-3,8-9H2. The van der Waals surface area contributed by atoms with Crippen molar-refractivity contribution in [1.29, 1.82) is 0 Å². The van der Waals surface area contributed by atoms with Crippen LogP contribution < -0.4 is 0 Å². The van der Waals surface area contributed by atoms with E-state index in [1.165, 1.54) is 0 Å². The van der Waals surface area contributed by atoms with E-state index in [0.29, 0.717) is 41.9 Å². The Morgan fingerprint density at radius 2 is 1.66 bits per heavy atom. The minimum absolute atomic E-state index is 0.237. The Morgan fingerprint density at radius 3 is 2.31 bits per heavy atom. The summed E-state index contributed by atoms with van der Waals surface area (Å²) in [6.07, 6.45) is 4.54. The molecule has 1 saturated carbocycles. The number of benzene rings is 2. The number of carbonyl (C=O) groups is 1. The first kappa shape index (κ1) is 21.1. The van der Waals surface area contributed by atoms with E-state index in [1.807, 2.05) is 0 Å². The van der Waals surface area contributed by atoms with Crippen LogP contribution in [0.5, 0.6) is 0 Å². The summed E-state index contributed by atoms with van der Waals surface area (Å²) in [5.74, 6) is -0.237. The van der Waals surface area contributed by atoms with Crippen molar-refractivity contribution in [2.24, 2.45) is 4.99 Å². The lowest BCUT2D eigenvalue weighted by atomic mass is 9.88. The van der Waals surface area contributed by atoms with Crippen LogP contribution in [0.25, 0.3) is 0 Å². The molecule has 2 aliphatic rings. The van der Waals surface area contributed by atoms with E-state index in [-0.39, 0.29) is 5.91 Å². The normalized spacial score (nSPS) is 18.3. The summed E-state index contributed by atoms with van der Waals surface area (Å²) in [5.41, 5.74) is 0.953. The molecule has 1 aliphatic carbocycles. The first-order valence-electron chi connectivity index (χ1n) is 9.22. The van der Waals surface area contributed by atoms with Crippen molar-refractivity contribution in [2.75, 3.05) is 0 Å². The summed E-state index contributed by atoms with van der Waals surface area (Å²) in [6.45, 7) is 0. The Morgan fingerprint density at radius 1 is 0.931 bits per heavy atom. The molecule has 1 spiro atoms. The fourth-order valence-corrected chi connectivity index (χ4v) is 5.16. The smallest absolute Gasteiger partial charge is 0.261 e. The Kier molecular flexibility index (Phi) is 5.93. The zero-order valence-electron chi connectivity index (χ0n) is 15.2. The molecule has 3 nitrogen and oxygen atoms in total. The van der Waals surface area contributed by atoms with Crippen molar-refractivity contribution in [3.05, 3.63) is 67.6 Å². The molecule has 1 amide bonds. The van der Waals surface area contributed by atoms with Crippen molar-refractivity contribution < 1.29 is 4.79 Å². The maximum atomic E-state index is 13.5. The maximum Gasteiger partial charge on any atom is 0.261 e. The van der Waals surface area contributed by atoms with Crippen LogP contribution >= 0.6 is 58.6 Å². The van der Waals surface area contributed by atoms with Crippen LogP contribution in [-0.4, -0.2) is 27.2 Å². The van der Waals surface area contributed by atoms with Gasteiger partial charge in [-0.05, 0) is 62.1 Å². The molecule has 2 aromatic carbocycles. The van der Waals surface area contributed by atoms with E-state index in [2.05, 4.69) is 0 Å². The van der Waals surface area contributed by atoms with Gasteiger partial charge in [0, 0.05) is 16.1 Å². The number of nitrogens with zero attached hydrogens (tertiary/aromatic N) is 2. The molecular weight excluding hydrogens is 470 g/mol. The van der Waals surface area contributed by atoms with Gasteiger partial charge in [0.25, 0.3) is 5.91 Å². The Labute approximate surface area is 194 Å². The van der Waals surface area contributed by atoms with E-state index in [0.717, 1.165) is 32.1 Å². The number of thiocarbonyl (C=S) groups is 1. The van der Waals surface area contributed by atoms with Crippen LogP contribution in [0.4, 0.5) is 0 Å². The zero-order chi connectivity index (χ0) is 20.8. The molecule has 0 bridgehead atoms. The first-order valence-corrected chi connectivity index (χ1v) is 11.1. The number of halogens is 4. The highest BCUT2D eigenvalue weighted by atomic mass is 35.5. The van der Waals surface area contributed by atoms with Crippen molar-refractivity contribution in [2.45, 2.75) is 37.8 Å². The number of carbonyl (C=O) groups excluding carboxylic acids is 1. The molecule has 0 radical (unpaired) electrons. The van der Waals surface area contributed by atoms with Crippen molar-refractivity contribution in [1.82, 2.24) is 4.90 Å². The molecule has 2 aromatic rings. The quantitative estimate of drug-likeness (QED) is 0.420. The fraction of sp³-hybridized carbons (Fsp3) is 0.286. The lowest BCUT2D eigenvalue weighted by Gasteiger charge is -2.38.